The molecular weight excluding hydrogens is 348 g/mol. The second-order valence-electron chi connectivity index (χ2n) is 8.18. The van der Waals surface area contributed by atoms with Gasteiger partial charge in [-0.05, 0) is 33.3 Å². The summed E-state index contributed by atoms with van der Waals surface area (Å²) in [5.74, 6) is -1.42. The van der Waals surface area contributed by atoms with Crippen molar-refractivity contribution >= 4 is 0 Å². The highest BCUT2D eigenvalue weighted by Gasteiger charge is 2.66. The fourth-order valence-corrected chi connectivity index (χ4v) is 4.03. The second-order valence-corrected chi connectivity index (χ2v) is 8.18. The van der Waals surface area contributed by atoms with Crippen molar-refractivity contribution in [3.63, 3.8) is 0 Å². The lowest BCUT2D eigenvalue weighted by Crippen LogP contribution is -2.54. The third-order valence-electron chi connectivity index (χ3n) is 5.25. The average Bonchev–Trinajstić information content (AvgIpc) is 3.22. The summed E-state index contributed by atoms with van der Waals surface area (Å²) >= 11 is 0. The van der Waals surface area contributed by atoms with Crippen LogP contribution in [0.5, 0.6) is 0 Å². The molecule has 0 radical (unpaired) electrons. The van der Waals surface area contributed by atoms with E-state index in [-0.39, 0.29) is 6.10 Å². The van der Waals surface area contributed by atoms with Crippen LogP contribution in [-0.2, 0) is 35.0 Å². The average molecular weight is 376 g/mol. The second kappa shape index (κ2) is 6.65. The normalized spacial score (nSPS) is 39.4. The lowest BCUT2D eigenvalue weighted by molar-refractivity contribution is -0.248. The van der Waals surface area contributed by atoms with Gasteiger partial charge < -0.3 is 28.4 Å². The first-order valence-corrected chi connectivity index (χ1v) is 9.39. The van der Waals surface area contributed by atoms with E-state index in [0.29, 0.717) is 13.2 Å². The van der Waals surface area contributed by atoms with Gasteiger partial charge in [0, 0.05) is 0 Å². The molecule has 3 aliphatic heterocycles. The van der Waals surface area contributed by atoms with Crippen LogP contribution in [0.15, 0.2) is 43.0 Å². The zero-order valence-electron chi connectivity index (χ0n) is 16.3. The van der Waals surface area contributed by atoms with Crippen LogP contribution in [0.4, 0.5) is 0 Å². The van der Waals surface area contributed by atoms with Crippen LogP contribution in [0.2, 0.25) is 0 Å². The third-order valence-corrected chi connectivity index (χ3v) is 5.25. The van der Waals surface area contributed by atoms with Gasteiger partial charge >= 0.3 is 0 Å². The predicted molar refractivity (Wildman–Crippen MR) is 97.8 cm³/mol. The summed E-state index contributed by atoms with van der Waals surface area (Å²) in [4.78, 5) is 0. The third kappa shape index (κ3) is 3.46. The molecule has 6 heteroatoms. The molecule has 0 N–H and O–H groups in total. The summed E-state index contributed by atoms with van der Waals surface area (Å²) in [5.41, 5.74) is 0.144. The summed E-state index contributed by atoms with van der Waals surface area (Å²) in [6.07, 6.45) is 0.0171. The van der Waals surface area contributed by atoms with E-state index < -0.39 is 35.7 Å². The Balaban J connectivity index is 1.62. The zero-order chi connectivity index (χ0) is 19.3. The van der Waals surface area contributed by atoms with E-state index in [1.807, 2.05) is 58.0 Å². The Hall–Kier alpha value is -1.28. The van der Waals surface area contributed by atoms with E-state index in [2.05, 4.69) is 6.58 Å². The van der Waals surface area contributed by atoms with Gasteiger partial charge in [0.05, 0.1) is 13.2 Å². The molecule has 3 heterocycles. The number of ether oxygens (including phenoxy) is 6. The molecular formula is C21H28O6. The minimum atomic E-state index is -0.914. The molecule has 1 aromatic carbocycles. The lowest BCUT2D eigenvalue weighted by Gasteiger charge is -2.37. The van der Waals surface area contributed by atoms with Crippen molar-refractivity contribution in [2.75, 3.05) is 6.61 Å². The molecule has 0 spiro atoms. The summed E-state index contributed by atoms with van der Waals surface area (Å²) in [6.45, 7) is 12.4. The summed E-state index contributed by atoms with van der Waals surface area (Å²) in [5, 5.41) is 0. The smallest absolute Gasteiger partial charge is 0.191 e. The van der Waals surface area contributed by atoms with Crippen LogP contribution in [0.25, 0.3) is 0 Å². The van der Waals surface area contributed by atoms with Crippen molar-refractivity contribution in [2.45, 2.75) is 76.1 Å². The van der Waals surface area contributed by atoms with Gasteiger partial charge in [-0.25, -0.2) is 0 Å². The van der Waals surface area contributed by atoms with Crippen LogP contribution in [0.1, 0.15) is 33.3 Å². The lowest BCUT2D eigenvalue weighted by atomic mass is 9.88. The van der Waals surface area contributed by atoms with Crippen LogP contribution < -0.4 is 0 Å². The molecule has 148 valence electrons. The molecule has 27 heavy (non-hydrogen) atoms. The first-order valence-electron chi connectivity index (χ1n) is 9.39. The van der Waals surface area contributed by atoms with Crippen LogP contribution in [-0.4, -0.2) is 48.4 Å². The first kappa shape index (κ1) is 19.1. The predicted octanol–water partition coefficient (Wildman–Crippen LogP) is 3.16. The van der Waals surface area contributed by atoms with Gasteiger partial charge in [0.15, 0.2) is 17.9 Å². The van der Waals surface area contributed by atoms with E-state index in [0.717, 1.165) is 5.56 Å². The van der Waals surface area contributed by atoms with Crippen molar-refractivity contribution in [3.05, 3.63) is 48.6 Å². The Morgan fingerprint density at radius 2 is 1.78 bits per heavy atom. The molecule has 0 saturated carbocycles. The molecule has 0 aliphatic carbocycles. The Labute approximate surface area is 160 Å². The number of hydrogen-bond donors (Lipinski definition) is 0. The van der Waals surface area contributed by atoms with Crippen molar-refractivity contribution in [1.82, 2.24) is 0 Å². The Morgan fingerprint density at radius 3 is 2.41 bits per heavy atom. The Kier molecular flexibility index (Phi) is 4.70. The van der Waals surface area contributed by atoms with Crippen molar-refractivity contribution < 1.29 is 28.4 Å². The number of benzene rings is 1. The van der Waals surface area contributed by atoms with E-state index in [9.17, 15) is 0 Å². The first-order chi connectivity index (χ1) is 12.7. The fourth-order valence-electron chi connectivity index (χ4n) is 4.03. The van der Waals surface area contributed by atoms with Gasteiger partial charge in [-0.15, -0.1) is 6.58 Å². The maximum absolute atomic E-state index is 6.44. The number of fused-ring (bicyclic) bond motifs is 1. The molecule has 4 rings (SSSR count). The standard InChI is InChI=1S/C21H28O6/c1-6-21(23-12-14-10-8-7-9-11-14)16(15-13-22-19(2,3)25-15)24-18-17(21)26-20(4,5)27-18/h6-11,15-18H,1,12-13H2,2-5H3/t15-,16-,17+,18-,21-/m1/s1. The maximum Gasteiger partial charge on any atom is 0.191 e. The SMILES string of the molecule is C=C[C@@]1(OCc2ccccc2)[C@@H]([C@H]2COC(C)(C)O2)O[C@@H]2OC(C)(C)O[C@@H]21. The minimum Gasteiger partial charge on any atom is -0.360 e. The highest BCUT2D eigenvalue weighted by molar-refractivity contribution is 5.19. The van der Waals surface area contributed by atoms with E-state index >= 15 is 0 Å². The molecule has 0 unspecified atom stereocenters. The van der Waals surface area contributed by atoms with Crippen molar-refractivity contribution in [1.29, 1.82) is 0 Å². The maximum atomic E-state index is 6.44. The fraction of sp³-hybridized carbons (Fsp3) is 0.619. The molecule has 0 aromatic heterocycles. The highest BCUT2D eigenvalue weighted by atomic mass is 16.9. The van der Waals surface area contributed by atoms with Crippen molar-refractivity contribution in [3.8, 4) is 0 Å². The quantitative estimate of drug-likeness (QED) is 0.736. The highest BCUT2D eigenvalue weighted by Crippen LogP contribution is 2.48. The summed E-state index contributed by atoms with van der Waals surface area (Å²) < 4.78 is 36.6. The molecule has 6 nitrogen and oxygen atoms in total. The van der Waals surface area contributed by atoms with Gasteiger partial charge in [-0.2, -0.15) is 0 Å². The molecule has 3 aliphatic rings. The molecule has 3 fully saturated rings. The van der Waals surface area contributed by atoms with E-state index in [1.54, 1.807) is 6.08 Å². The summed E-state index contributed by atoms with van der Waals surface area (Å²) in [7, 11) is 0. The van der Waals surface area contributed by atoms with E-state index in [4.69, 9.17) is 28.4 Å². The molecule has 3 saturated heterocycles. The topological polar surface area (TPSA) is 55.4 Å². The minimum absolute atomic E-state index is 0.310. The Morgan fingerprint density at radius 1 is 1.04 bits per heavy atom. The van der Waals surface area contributed by atoms with Crippen LogP contribution >= 0.6 is 0 Å². The van der Waals surface area contributed by atoms with Gasteiger partial charge in [0.2, 0.25) is 0 Å². The Bertz CT molecular complexity index is 687. The molecule has 5 atom stereocenters. The number of rotatable bonds is 5. The van der Waals surface area contributed by atoms with Gasteiger partial charge in [-0.3, -0.25) is 0 Å². The monoisotopic (exact) mass is 376 g/mol. The number of hydrogen-bond acceptors (Lipinski definition) is 6. The molecule has 0 amide bonds. The van der Waals surface area contributed by atoms with Crippen LogP contribution in [0.3, 0.4) is 0 Å². The van der Waals surface area contributed by atoms with Gasteiger partial charge in [0.25, 0.3) is 0 Å². The summed E-state index contributed by atoms with van der Waals surface area (Å²) in [6, 6.07) is 9.99. The van der Waals surface area contributed by atoms with Gasteiger partial charge in [0.1, 0.15) is 23.9 Å². The zero-order valence-corrected chi connectivity index (χ0v) is 16.3. The van der Waals surface area contributed by atoms with E-state index in [1.165, 1.54) is 0 Å². The molecule has 0 bridgehead atoms. The molecule has 1 aromatic rings. The van der Waals surface area contributed by atoms with Crippen molar-refractivity contribution in [2.24, 2.45) is 0 Å². The van der Waals surface area contributed by atoms with Crippen LogP contribution in [0, 0.1) is 0 Å². The largest absolute Gasteiger partial charge is 0.360 e. The van der Waals surface area contributed by atoms with Gasteiger partial charge in [-0.1, -0.05) is 36.4 Å².